The largest absolute Gasteiger partial charge is 0.341 e. The van der Waals surface area contributed by atoms with Crippen LogP contribution in [0.5, 0.6) is 0 Å². The van der Waals surface area contributed by atoms with Crippen molar-refractivity contribution in [2.75, 3.05) is 26.2 Å². The molecule has 1 fully saturated rings. The highest BCUT2D eigenvalue weighted by molar-refractivity contribution is 5.83. The summed E-state index contributed by atoms with van der Waals surface area (Å²) in [5.41, 5.74) is -0.238. The number of nitrogens with zero attached hydrogens (tertiary/aromatic N) is 2. The summed E-state index contributed by atoms with van der Waals surface area (Å²) in [6, 6.07) is 2.22. The van der Waals surface area contributed by atoms with E-state index in [0.717, 1.165) is 38.8 Å². The summed E-state index contributed by atoms with van der Waals surface area (Å²) in [7, 11) is 0. The molecule has 0 saturated carbocycles. The van der Waals surface area contributed by atoms with Gasteiger partial charge >= 0.3 is 0 Å². The van der Waals surface area contributed by atoms with Crippen molar-refractivity contribution in [3.05, 3.63) is 0 Å². The fourth-order valence-electron chi connectivity index (χ4n) is 3.01. The summed E-state index contributed by atoms with van der Waals surface area (Å²) in [5.74, 6) is 0.144. The summed E-state index contributed by atoms with van der Waals surface area (Å²) in [6.45, 7) is 9.06. The normalized spacial score (nSPS) is 24.5. The number of hydrogen-bond donors (Lipinski definition) is 1. The Balaban J connectivity index is 2.81. The highest BCUT2D eigenvalue weighted by atomic mass is 16.2. The van der Waals surface area contributed by atoms with Crippen molar-refractivity contribution in [1.29, 1.82) is 5.26 Å². The zero-order valence-corrected chi connectivity index (χ0v) is 12.5. The van der Waals surface area contributed by atoms with Crippen LogP contribution < -0.4 is 5.32 Å². The van der Waals surface area contributed by atoms with Gasteiger partial charge in [0, 0.05) is 19.6 Å². The second kappa shape index (κ2) is 7.49. The maximum atomic E-state index is 12.9. The quantitative estimate of drug-likeness (QED) is 0.800. The number of rotatable bonds is 6. The molecule has 0 bridgehead atoms. The Labute approximate surface area is 117 Å². The number of piperidine rings is 1. The predicted octanol–water partition coefficient (Wildman–Crippen LogP) is 2.16. The van der Waals surface area contributed by atoms with Gasteiger partial charge in [0.15, 0.2) is 0 Å². The molecule has 108 valence electrons. The summed E-state index contributed by atoms with van der Waals surface area (Å²) in [6.07, 6.45) is 4.01. The van der Waals surface area contributed by atoms with Crippen LogP contribution in [0.15, 0.2) is 0 Å². The van der Waals surface area contributed by atoms with Gasteiger partial charge in [-0.2, -0.15) is 5.26 Å². The maximum absolute atomic E-state index is 12.9. The van der Waals surface area contributed by atoms with Gasteiger partial charge in [-0.25, -0.2) is 0 Å². The third-order valence-corrected chi connectivity index (χ3v) is 4.04. The zero-order valence-electron chi connectivity index (χ0n) is 12.5. The van der Waals surface area contributed by atoms with Crippen molar-refractivity contribution in [3.8, 4) is 6.07 Å². The van der Waals surface area contributed by atoms with E-state index in [1.54, 1.807) is 0 Å². The minimum atomic E-state index is -0.238. The molecule has 2 atom stereocenters. The zero-order chi connectivity index (χ0) is 14.3. The maximum Gasteiger partial charge on any atom is 0.230 e. The van der Waals surface area contributed by atoms with E-state index in [1.165, 1.54) is 0 Å². The van der Waals surface area contributed by atoms with E-state index in [1.807, 2.05) is 18.7 Å². The number of nitriles is 1. The molecule has 1 aliphatic heterocycles. The van der Waals surface area contributed by atoms with Gasteiger partial charge in [0.05, 0.1) is 17.4 Å². The van der Waals surface area contributed by atoms with Crippen LogP contribution in [0.3, 0.4) is 0 Å². The highest BCUT2D eigenvalue weighted by Gasteiger charge is 2.41. The van der Waals surface area contributed by atoms with E-state index in [9.17, 15) is 4.79 Å². The van der Waals surface area contributed by atoms with Crippen molar-refractivity contribution in [2.45, 2.75) is 46.5 Å². The Hall–Kier alpha value is -1.08. The van der Waals surface area contributed by atoms with E-state index in [2.05, 4.69) is 18.3 Å². The summed E-state index contributed by atoms with van der Waals surface area (Å²) in [4.78, 5) is 14.7. The molecule has 1 N–H and O–H groups in total. The van der Waals surface area contributed by atoms with Crippen LogP contribution in [0.2, 0.25) is 0 Å². The molecule has 4 nitrogen and oxygen atoms in total. The summed E-state index contributed by atoms with van der Waals surface area (Å²) < 4.78 is 0. The number of carbonyl (C=O) groups excluding carboxylic acids is 1. The van der Waals surface area contributed by atoms with Crippen molar-refractivity contribution in [3.63, 3.8) is 0 Å². The van der Waals surface area contributed by atoms with Crippen LogP contribution >= 0.6 is 0 Å². The van der Waals surface area contributed by atoms with E-state index in [-0.39, 0.29) is 17.2 Å². The number of amides is 1. The molecule has 0 aliphatic carbocycles. The summed E-state index contributed by atoms with van der Waals surface area (Å²) >= 11 is 0. The Bertz CT molecular complexity index is 323. The fraction of sp³-hybridized carbons (Fsp3) is 0.867. The van der Waals surface area contributed by atoms with Crippen molar-refractivity contribution in [1.82, 2.24) is 10.2 Å². The van der Waals surface area contributed by atoms with Gasteiger partial charge in [-0.05, 0) is 39.7 Å². The molecule has 1 aliphatic rings. The second-order valence-corrected chi connectivity index (χ2v) is 5.68. The molecule has 0 aromatic heterocycles. The standard InChI is InChI=1S/C15H27N3O/c1-4-7-15(8-6-9-17-12-15)14(19)18(5-2)11-13(3)10-16/h13,17H,4-9,11-12H2,1-3H3. The van der Waals surface area contributed by atoms with Gasteiger partial charge in [-0.3, -0.25) is 4.79 Å². The van der Waals surface area contributed by atoms with Gasteiger partial charge in [0.2, 0.25) is 5.91 Å². The molecule has 0 aromatic carbocycles. The van der Waals surface area contributed by atoms with Crippen LogP contribution in [0.1, 0.15) is 46.5 Å². The van der Waals surface area contributed by atoms with E-state index < -0.39 is 0 Å². The predicted molar refractivity (Wildman–Crippen MR) is 76.5 cm³/mol. The van der Waals surface area contributed by atoms with E-state index in [0.29, 0.717) is 13.1 Å². The highest BCUT2D eigenvalue weighted by Crippen LogP contribution is 2.34. The molecule has 1 amide bonds. The van der Waals surface area contributed by atoms with Gasteiger partial charge < -0.3 is 10.2 Å². The van der Waals surface area contributed by atoms with Gasteiger partial charge in [0.25, 0.3) is 0 Å². The third-order valence-electron chi connectivity index (χ3n) is 4.04. The van der Waals surface area contributed by atoms with Crippen molar-refractivity contribution >= 4 is 5.91 Å². The first-order valence-electron chi connectivity index (χ1n) is 7.49. The second-order valence-electron chi connectivity index (χ2n) is 5.68. The molecule has 19 heavy (non-hydrogen) atoms. The van der Waals surface area contributed by atoms with Crippen LogP contribution in [0.25, 0.3) is 0 Å². The Morgan fingerprint density at radius 2 is 2.26 bits per heavy atom. The first kappa shape index (κ1) is 16.0. The lowest BCUT2D eigenvalue weighted by atomic mass is 9.75. The lowest BCUT2D eigenvalue weighted by Gasteiger charge is -2.40. The molecule has 1 rings (SSSR count). The SMILES string of the molecule is CCCC1(C(=O)N(CC)CC(C)C#N)CCCNC1. The van der Waals surface area contributed by atoms with E-state index >= 15 is 0 Å². The van der Waals surface area contributed by atoms with Crippen LogP contribution in [0, 0.1) is 22.7 Å². The van der Waals surface area contributed by atoms with Crippen molar-refractivity contribution in [2.24, 2.45) is 11.3 Å². The monoisotopic (exact) mass is 265 g/mol. The topological polar surface area (TPSA) is 56.1 Å². The average Bonchev–Trinajstić information content (AvgIpc) is 2.45. The molecule has 0 radical (unpaired) electrons. The lowest BCUT2D eigenvalue weighted by molar-refractivity contribution is -0.144. The molecular weight excluding hydrogens is 238 g/mol. The van der Waals surface area contributed by atoms with Crippen LogP contribution in [-0.4, -0.2) is 37.0 Å². The molecule has 2 unspecified atom stereocenters. The molecular formula is C15H27N3O. The Morgan fingerprint density at radius 1 is 1.53 bits per heavy atom. The number of hydrogen-bond acceptors (Lipinski definition) is 3. The van der Waals surface area contributed by atoms with Gasteiger partial charge in [0.1, 0.15) is 0 Å². The van der Waals surface area contributed by atoms with Crippen LogP contribution in [-0.2, 0) is 4.79 Å². The van der Waals surface area contributed by atoms with Crippen molar-refractivity contribution < 1.29 is 4.79 Å². The fourth-order valence-corrected chi connectivity index (χ4v) is 3.01. The first-order valence-corrected chi connectivity index (χ1v) is 7.49. The molecule has 0 aromatic rings. The van der Waals surface area contributed by atoms with Gasteiger partial charge in [-0.15, -0.1) is 0 Å². The Kier molecular flexibility index (Phi) is 6.30. The minimum absolute atomic E-state index is 0.0980. The average molecular weight is 265 g/mol. The molecule has 1 heterocycles. The van der Waals surface area contributed by atoms with Crippen LogP contribution in [0.4, 0.5) is 0 Å². The Morgan fingerprint density at radius 3 is 2.74 bits per heavy atom. The molecule has 0 spiro atoms. The van der Waals surface area contributed by atoms with E-state index in [4.69, 9.17) is 5.26 Å². The smallest absolute Gasteiger partial charge is 0.230 e. The number of nitrogens with one attached hydrogen (secondary N) is 1. The third kappa shape index (κ3) is 3.94. The minimum Gasteiger partial charge on any atom is -0.341 e. The number of carbonyl (C=O) groups is 1. The first-order chi connectivity index (χ1) is 9.09. The molecule has 1 saturated heterocycles. The lowest BCUT2D eigenvalue weighted by Crippen LogP contribution is -2.52. The molecule has 4 heteroatoms. The van der Waals surface area contributed by atoms with Gasteiger partial charge in [-0.1, -0.05) is 13.3 Å². The summed E-state index contributed by atoms with van der Waals surface area (Å²) in [5, 5.41) is 12.3.